The Hall–Kier alpha value is -0.480. The van der Waals surface area contributed by atoms with Gasteiger partial charge in [0.15, 0.2) is 0 Å². The third kappa shape index (κ3) is 4.14. The van der Waals surface area contributed by atoms with Gasteiger partial charge in [-0.1, -0.05) is 29.3 Å². The molecule has 1 aliphatic carbocycles. The summed E-state index contributed by atoms with van der Waals surface area (Å²) in [5.74, 6) is 1.26. The van der Waals surface area contributed by atoms with Crippen molar-refractivity contribution in [3.05, 3.63) is 33.8 Å². The Labute approximate surface area is 153 Å². The lowest BCUT2D eigenvalue weighted by Crippen LogP contribution is -2.43. The van der Waals surface area contributed by atoms with E-state index in [4.69, 9.17) is 28.9 Å². The molecule has 0 spiro atoms. The van der Waals surface area contributed by atoms with Gasteiger partial charge in [0, 0.05) is 25.0 Å². The molecule has 1 aromatic carbocycles. The zero-order chi connectivity index (χ0) is 15.9. The minimum atomic E-state index is 0. The summed E-state index contributed by atoms with van der Waals surface area (Å²) >= 11 is 12.0. The molecular weight excluding hydrogens is 355 g/mol. The number of halogens is 3. The number of hydrogen-bond acceptors (Lipinski definition) is 2. The summed E-state index contributed by atoms with van der Waals surface area (Å²) in [5, 5.41) is 1.13. The van der Waals surface area contributed by atoms with E-state index in [-0.39, 0.29) is 24.4 Å². The molecule has 1 heterocycles. The van der Waals surface area contributed by atoms with Crippen LogP contribution in [0.25, 0.3) is 0 Å². The molecule has 0 bridgehead atoms. The molecule has 3 rings (SSSR count). The summed E-state index contributed by atoms with van der Waals surface area (Å²) in [6.45, 7) is 3.74. The minimum Gasteiger partial charge on any atom is -0.342 e. The largest absolute Gasteiger partial charge is 0.342 e. The Morgan fingerprint density at radius 2 is 1.91 bits per heavy atom. The van der Waals surface area contributed by atoms with E-state index in [0.717, 1.165) is 37.9 Å². The molecule has 2 N–H and O–H groups in total. The molecule has 1 amide bonds. The summed E-state index contributed by atoms with van der Waals surface area (Å²) in [4.78, 5) is 14.6. The van der Waals surface area contributed by atoms with Crippen LogP contribution in [0.2, 0.25) is 10.0 Å². The molecular formula is C17H23Cl3N2O. The lowest BCUT2D eigenvalue weighted by molar-refractivity contribution is -0.134. The van der Waals surface area contributed by atoms with Crippen LogP contribution in [0.1, 0.15) is 37.7 Å². The number of hydrogen-bond donors (Lipinski definition) is 1. The van der Waals surface area contributed by atoms with Gasteiger partial charge in [-0.05, 0) is 55.7 Å². The number of carbonyl (C=O) groups excluding carboxylic acids is 1. The molecule has 3 nitrogen and oxygen atoms in total. The van der Waals surface area contributed by atoms with Gasteiger partial charge >= 0.3 is 0 Å². The lowest BCUT2D eigenvalue weighted by atomic mass is 9.91. The van der Waals surface area contributed by atoms with Crippen LogP contribution < -0.4 is 5.73 Å². The highest BCUT2D eigenvalue weighted by atomic mass is 35.5. The fraction of sp³-hybridized carbons (Fsp3) is 0.588. The molecule has 0 aromatic heterocycles. The number of rotatable bonds is 3. The Morgan fingerprint density at radius 1 is 1.26 bits per heavy atom. The summed E-state index contributed by atoms with van der Waals surface area (Å²) in [7, 11) is 0. The normalized spacial score (nSPS) is 25.7. The zero-order valence-electron chi connectivity index (χ0n) is 13.2. The molecule has 1 saturated carbocycles. The lowest BCUT2D eigenvalue weighted by Gasteiger charge is -2.34. The van der Waals surface area contributed by atoms with E-state index < -0.39 is 0 Å². The maximum Gasteiger partial charge on any atom is 0.226 e. The molecule has 23 heavy (non-hydrogen) atoms. The van der Waals surface area contributed by atoms with Gasteiger partial charge in [-0.15, -0.1) is 12.4 Å². The molecule has 2 aliphatic rings. The van der Waals surface area contributed by atoms with Crippen LogP contribution >= 0.6 is 35.6 Å². The summed E-state index contributed by atoms with van der Waals surface area (Å²) < 4.78 is 0. The highest BCUT2D eigenvalue weighted by Gasteiger charge is 2.46. The van der Waals surface area contributed by atoms with Gasteiger partial charge < -0.3 is 10.6 Å². The van der Waals surface area contributed by atoms with E-state index in [2.05, 4.69) is 6.92 Å². The second-order valence-corrected chi connectivity index (χ2v) is 7.46. The van der Waals surface area contributed by atoms with Crippen LogP contribution in [0.5, 0.6) is 0 Å². The van der Waals surface area contributed by atoms with Crippen molar-refractivity contribution < 1.29 is 4.79 Å². The second-order valence-electron chi connectivity index (χ2n) is 6.64. The van der Waals surface area contributed by atoms with Crippen molar-refractivity contribution in [3.8, 4) is 0 Å². The van der Waals surface area contributed by atoms with Crippen molar-refractivity contribution in [1.29, 1.82) is 0 Å². The third-order valence-corrected chi connectivity index (χ3v) is 5.81. The first-order valence-corrected chi connectivity index (χ1v) is 8.72. The van der Waals surface area contributed by atoms with Crippen LogP contribution in [-0.4, -0.2) is 29.9 Å². The highest BCUT2D eigenvalue weighted by Crippen LogP contribution is 2.49. The number of piperidine rings is 1. The average Bonchev–Trinajstić information content (AvgIpc) is 3.30. The highest BCUT2D eigenvalue weighted by molar-refractivity contribution is 6.42. The predicted octanol–water partition coefficient (Wildman–Crippen LogP) is 4.10. The molecule has 1 aromatic rings. The Balaban J connectivity index is 0.00000192. The van der Waals surface area contributed by atoms with E-state index in [9.17, 15) is 4.79 Å². The predicted molar refractivity (Wildman–Crippen MR) is 97.5 cm³/mol. The Kier molecular flexibility index (Phi) is 6.23. The third-order valence-electron chi connectivity index (χ3n) is 5.07. The van der Waals surface area contributed by atoms with Crippen LogP contribution in [0.3, 0.4) is 0 Å². The van der Waals surface area contributed by atoms with Crippen LogP contribution in [0, 0.1) is 11.8 Å². The van der Waals surface area contributed by atoms with Gasteiger partial charge in [-0.25, -0.2) is 0 Å². The Bertz CT molecular complexity index is 571. The van der Waals surface area contributed by atoms with E-state index in [1.165, 1.54) is 0 Å². The maximum atomic E-state index is 12.6. The second kappa shape index (κ2) is 7.60. The molecule has 128 valence electrons. The monoisotopic (exact) mass is 376 g/mol. The van der Waals surface area contributed by atoms with Crippen molar-refractivity contribution in [1.82, 2.24) is 4.90 Å². The van der Waals surface area contributed by atoms with Crippen molar-refractivity contribution in [2.24, 2.45) is 17.6 Å². The number of amides is 1. The van der Waals surface area contributed by atoms with E-state index >= 15 is 0 Å². The van der Waals surface area contributed by atoms with Gasteiger partial charge in [0.25, 0.3) is 0 Å². The number of benzene rings is 1. The maximum absolute atomic E-state index is 12.6. The first kappa shape index (κ1) is 18.9. The zero-order valence-corrected chi connectivity index (χ0v) is 15.5. The smallest absolute Gasteiger partial charge is 0.226 e. The summed E-state index contributed by atoms with van der Waals surface area (Å²) in [6.07, 6.45) is 2.96. The molecule has 3 atom stereocenters. The Morgan fingerprint density at radius 3 is 2.48 bits per heavy atom. The molecule has 0 radical (unpaired) electrons. The number of nitrogens with zero attached hydrogens (tertiary/aromatic N) is 1. The van der Waals surface area contributed by atoms with Gasteiger partial charge in [0.2, 0.25) is 5.91 Å². The average molecular weight is 378 g/mol. The number of nitrogens with two attached hydrogens (primary N) is 1. The topological polar surface area (TPSA) is 46.3 Å². The van der Waals surface area contributed by atoms with E-state index in [0.29, 0.717) is 27.8 Å². The van der Waals surface area contributed by atoms with Gasteiger partial charge in [-0.2, -0.15) is 0 Å². The van der Waals surface area contributed by atoms with Crippen molar-refractivity contribution in [3.63, 3.8) is 0 Å². The van der Waals surface area contributed by atoms with Gasteiger partial charge in [0.1, 0.15) is 0 Å². The van der Waals surface area contributed by atoms with Crippen molar-refractivity contribution in [2.75, 3.05) is 13.1 Å². The van der Waals surface area contributed by atoms with Crippen molar-refractivity contribution in [2.45, 2.75) is 38.1 Å². The SMILES string of the molecule is CC(N)C1CCN(C(=O)C2CC2c2ccc(Cl)c(Cl)c2)CC1.Cl. The van der Waals surface area contributed by atoms with Crippen LogP contribution in [-0.2, 0) is 4.79 Å². The number of likely N-dealkylation sites (tertiary alicyclic amines) is 1. The molecule has 1 saturated heterocycles. The van der Waals surface area contributed by atoms with E-state index in [1.54, 1.807) is 0 Å². The standard InChI is InChI=1S/C17H22Cl2N2O.ClH/c1-10(20)11-4-6-21(7-5-11)17(22)14-9-13(14)12-2-3-15(18)16(19)8-12;/h2-3,8,10-11,13-14H,4-7,9,20H2,1H3;1H. The minimum absolute atomic E-state index is 0. The fourth-order valence-corrected chi connectivity index (χ4v) is 3.77. The quantitative estimate of drug-likeness (QED) is 0.862. The molecule has 1 aliphatic heterocycles. The summed E-state index contributed by atoms with van der Waals surface area (Å²) in [5.41, 5.74) is 7.08. The first-order valence-electron chi connectivity index (χ1n) is 7.96. The fourth-order valence-electron chi connectivity index (χ4n) is 3.46. The van der Waals surface area contributed by atoms with Crippen LogP contribution in [0.15, 0.2) is 18.2 Å². The van der Waals surface area contributed by atoms with Gasteiger partial charge in [0.05, 0.1) is 10.0 Å². The number of carbonyl (C=O) groups is 1. The van der Waals surface area contributed by atoms with Gasteiger partial charge in [-0.3, -0.25) is 4.79 Å². The van der Waals surface area contributed by atoms with Crippen LogP contribution in [0.4, 0.5) is 0 Å². The molecule has 3 unspecified atom stereocenters. The van der Waals surface area contributed by atoms with Crippen molar-refractivity contribution >= 4 is 41.5 Å². The summed E-state index contributed by atoms with van der Waals surface area (Å²) in [6, 6.07) is 5.91. The van der Waals surface area contributed by atoms with E-state index in [1.807, 2.05) is 23.1 Å². The first-order chi connectivity index (χ1) is 10.5. The molecule has 2 fully saturated rings. The molecule has 6 heteroatoms.